The lowest BCUT2D eigenvalue weighted by molar-refractivity contribution is -0.130. The SMILES string of the molecule is [2H]c1c[nH]c2ncnc(N(C)[C@H]3CN(C(=O)C[N+]#[C-])CC[C@H]3C)c12. The highest BCUT2D eigenvalue weighted by Crippen LogP contribution is 2.28. The number of rotatable bonds is 3. The molecule has 0 saturated carbocycles. The third-order valence-electron chi connectivity index (χ3n) is 4.57. The monoisotopic (exact) mass is 313 g/mol. The van der Waals surface area contributed by atoms with Gasteiger partial charge in [-0.15, -0.1) is 0 Å². The normalized spacial score (nSPS) is 21.8. The first kappa shape index (κ1) is 14.0. The van der Waals surface area contributed by atoms with Gasteiger partial charge in [0.25, 0.3) is 6.54 Å². The van der Waals surface area contributed by atoms with Crippen LogP contribution in [0, 0.1) is 12.5 Å². The van der Waals surface area contributed by atoms with Crippen LogP contribution in [0.2, 0.25) is 0 Å². The van der Waals surface area contributed by atoms with Crippen molar-refractivity contribution in [2.45, 2.75) is 19.4 Å². The molecule has 2 atom stereocenters. The maximum Gasteiger partial charge on any atom is 0.302 e. The lowest BCUT2D eigenvalue weighted by atomic mass is 9.92. The first-order valence-electron chi connectivity index (χ1n) is 8.15. The molecule has 0 aromatic carbocycles. The molecule has 0 unspecified atom stereocenters. The number of nitrogens with zero attached hydrogens (tertiary/aromatic N) is 5. The van der Waals surface area contributed by atoms with Gasteiger partial charge < -0.3 is 19.6 Å². The van der Waals surface area contributed by atoms with Crippen LogP contribution in [0.4, 0.5) is 5.82 Å². The van der Waals surface area contributed by atoms with Gasteiger partial charge in [0.05, 0.1) is 12.8 Å². The van der Waals surface area contributed by atoms with Gasteiger partial charge in [0.15, 0.2) is 0 Å². The predicted molar refractivity (Wildman–Crippen MR) is 87.9 cm³/mol. The number of anilines is 1. The predicted octanol–water partition coefficient (Wildman–Crippen LogP) is 1.55. The van der Waals surface area contributed by atoms with E-state index in [0.717, 1.165) is 6.42 Å². The van der Waals surface area contributed by atoms with Crippen molar-refractivity contribution in [3.63, 3.8) is 0 Å². The molecule has 3 heterocycles. The van der Waals surface area contributed by atoms with Crippen LogP contribution >= 0.6 is 0 Å². The highest BCUT2D eigenvalue weighted by molar-refractivity contribution is 5.87. The summed E-state index contributed by atoms with van der Waals surface area (Å²) in [5.74, 6) is 0.957. The Morgan fingerprint density at radius 1 is 1.65 bits per heavy atom. The van der Waals surface area contributed by atoms with Gasteiger partial charge in [0, 0.05) is 26.3 Å². The summed E-state index contributed by atoms with van der Waals surface area (Å²) >= 11 is 0. The van der Waals surface area contributed by atoms with Crippen LogP contribution < -0.4 is 4.90 Å². The molecule has 1 aliphatic rings. The van der Waals surface area contributed by atoms with Gasteiger partial charge in [-0.25, -0.2) is 16.5 Å². The van der Waals surface area contributed by atoms with E-state index in [1.165, 1.54) is 6.33 Å². The number of aromatic nitrogens is 3. The number of hydrogen-bond acceptors (Lipinski definition) is 4. The summed E-state index contributed by atoms with van der Waals surface area (Å²) in [6.45, 7) is 10.2. The Bertz CT molecular complexity index is 797. The number of carbonyl (C=O) groups excluding carboxylic acids is 1. The van der Waals surface area contributed by atoms with Crippen molar-refractivity contribution in [2.75, 3.05) is 31.6 Å². The van der Waals surface area contributed by atoms with Gasteiger partial charge in [-0.3, -0.25) is 4.79 Å². The Morgan fingerprint density at radius 2 is 2.48 bits per heavy atom. The molecule has 1 N–H and O–H groups in total. The van der Waals surface area contributed by atoms with Gasteiger partial charge in [0.2, 0.25) is 0 Å². The first-order chi connectivity index (χ1) is 11.5. The molecule has 3 rings (SSSR count). The molecule has 120 valence electrons. The van der Waals surface area contributed by atoms with Crippen LogP contribution in [-0.4, -0.2) is 58.5 Å². The number of fused-ring (bicyclic) bond motifs is 1. The Labute approximate surface area is 136 Å². The van der Waals surface area contributed by atoms with E-state index in [9.17, 15) is 4.79 Å². The van der Waals surface area contributed by atoms with Gasteiger partial charge in [-0.05, 0) is 18.4 Å². The number of nitrogens with one attached hydrogen (secondary N) is 1. The van der Waals surface area contributed by atoms with Crippen molar-refractivity contribution in [3.8, 4) is 0 Å². The van der Waals surface area contributed by atoms with Gasteiger partial charge in [0.1, 0.15) is 17.8 Å². The number of H-pyrrole nitrogens is 1. The number of piperidine rings is 1. The van der Waals surface area contributed by atoms with E-state index in [1.807, 2.05) is 11.9 Å². The topological polar surface area (TPSA) is 69.5 Å². The van der Waals surface area contributed by atoms with Crippen LogP contribution in [0.15, 0.2) is 18.6 Å². The van der Waals surface area contributed by atoms with Crippen molar-refractivity contribution < 1.29 is 6.17 Å². The van der Waals surface area contributed by atoms with Gasteiger partial charge in [-0.1, -0.05) is 6.92 Å². The Morgan fingerprint density at radius 3 is 3.26 bits per heavy atom. The summed E-state index contributed by atoms with van der Waals surface area (Å²) < 4.78 is 8.07. The standard InChI is InChI=1S/C16H20N6O/c1-11-5-7-22(14(23)8-17-2)9-13(11)21(3)16-12-4-6-18-15(12)19-10-20-16/h4,6,10-11,13H,5,7-9H2,1,3H3,(H,18,19,20)/t11-,13+/m1/s1/i4D. The van der Waals surface area contributed by atoms with E-state index in [1.54, 1.807) is 11.1 Å². The molecule has 2 aromatic heterocycles. The van der Waals surface area contributed by atoms with Crippen LogP contribution in [0.1, 0.15) is 14.7 Å². The zero-order valence-electron chi connectivity index (χ0n) is 14.3. The summed E-state index contributed by atoms with van der Waals surface area (Å²) in [6, 6.07) is 0.442. The van der Waals surface area contributed by atoms with Crippen molar-refractivity contribution in [3.05, 3.63) is 30.0 Å². The maximum atomic E-state index is 12.1. The number of amides is 1. The lowest BCUT2D eigenvalue weighted by Crippen LogP contribution is -2.53. The summed E-state index contributed by atoms with van der Waals surface area (Å²) in [5, 5.41) is 0.691. The lowest BCUT2D eigenvalue weighted by Gasteiger charge is -2.41. The second kappa shape index (κ2) is 6.24. The summed E-state index contributed by atoms with van der Waals surface area (Å²) in [4.78, 5) is 30.6. The summed E-state index contributed by atoms with van der Waals surface area (Å²) in [5.41, 5.74) is 0.640. The van der Waals surface area contributed by atoms with Gasteiger partial charge >= 0.3 is 5.91 Å². The van der Waals surface area contributed by atoms with Crippen molar-refractivity contribution >= 4 is 22.8 Å². The molecular formula is C16H20N6O. The highest BCUT2D eigenvalue weighted by Gasteiger charge is 2.33. The fraction of sp³-hybridized carbons (Fsp3) is 0.500. The smallest absolute Gasteiger partial charge is 0.302 e. The molecule has 0 bridgehead atoms. The molecule has 23 heavy (non-hydrogen) atoms. The molecular weight excluding hydrogens is 292 g/mol. The average Bonchev–Trinajstić information content (AvgIpc) is 2.96. The number of aromatic amines is 1. The Kier molecular flexibility index (Phi) is 3.80. The minimum Gasteiger partial charge on any atom is -0.354 e. The van der Waals surface area contributed by atoms with E-state index in [4.69, 9.17) is 7.94 Å². The molecule has 1 amide bonds. The summed E-state index contributed by atoms with van der Waals surface area (Å²) in [7, 11) is 1.94. The fourth-order valence-electron chi connectivity index (χ4n) is 3.17. The molecule has 0 radical (unpaired) electrons. The average molecular weight is 313 g/mol. The number of likely N-dealkylation sites (N-methyl/N-ethyl adjacent to an activating group) is 1. The van der Waals surface area contributed by atoms with Gasteiger partial charge in [-0.2, -0.15) is 0 Å². The minimum absolute atomic E-state index is 0.0841. The molecule has 1 saturated heterocycles. The molecule has 7 nitrogen and oxygen atoms in total. The molecule has 1 aliphatic heterocycles. The Balaban J connectivity index is 1.89. The van der Waals surface area contributed by atoms with Crippen LogP contribution in [0.25, 0.3) is 15.9 Å². The Hall–Kier alpha value is -2.62. The van der Waals surface area contributed by atoms with E-state index in [0.29, 0.717) is 41.9 Å². The van der Waals surface area contributed by atoms with E-state index in [-0.39, 0.29) is 18.5 Å². The third-order valence-corrected chi connectivity index (χ3v) is 4.57. The second-order valence-corrected chi connectivity index (χ2v) is 5.95. The molecule has 2 aromatic rings. The quantitative estimate of drug-likeness (QED) is 0.873. The largest absolute Gasteiger partial charge is 0.354 e. The first-order valence-corrected chi connectivity index (χ1v) is 7.65. The van der Waals surface area contributed by atoms with E-state index >= 15 is 0 Å². The van der Waals surface area contributed by atoms with Crippen molar-refractivity contribution in [1.82, 2.24) is 19.9 Å². The maximum absolute atomic E-state index is 12.1. The summed E-state index contributed by atoms with van der Waals surface area (Å²) in [6.07, 6.45) is 3.97. The highest BCUT2D eigenvalue weighted by atomic mass is 16.2. The van der Waals surface area contributed by atoms with Crippen LogP contribution in [0.3, 0.4) is 0 Å². The van der Waals surface area contributed by atoms with E-state index in [2.05, 4.69) is 26.7 Å². The van der Waals surface area contributed by atoms with Crippen LogP contribution in [0.5, 0.6) is 0 Å². The number of carbonyl (C=O) groups is 1. The molecule has 7 heteroatoms. The molecule has 0 aliphatic carbocycles. The number of likely N-dealkylation sites (tertiary alicyclic amines) is 1. The van der Waals surface area contributed by atoms with E-state index < -0.39 is 0 Å². The minimum atomic E-state index is -0.119. The number of hydrogen-bond donors (Lipinski definition) is 1. The molecule has 1 fully saturated rings. The van der Waals surface area contributed by atoms with Crippen molar-refractivity contribution in [2.24, 2.45) is 5.92 Å². The van der Waals surface area contributed by atoms with Crippen molar-refractivity contribution in [1.29, 1.82) is 0 Å². The third kappa shape index (κ3) is 2.84. The zero-order chi connectivity index (χ0) is 17.3. The molecule has 0 spiro atoms. The zero-order valence-corrected chi connectivity index (χ0v) is 13.3. The van der Waals surface area contributed by atoms with Crippen LogP contribution in [-0.2, 0) is 4.79 Å². The second-order valence-electron chi connectivity index (χ2n) is 5.95. The fourth-order valence-corrected chi connectivity index (χ4v) is 3.17.